The Morgan fingerprint density at radius 2 is 2.19 bits per heavy atom. The predicted molar refractivity (Wildman–Crippen MR) is 74.8 cm³/mol. The highest BCUT2D eigenvalue weighted by atomic mass is 16.6. The maximum absolute atomic E-state index is 11.7. The summed E-state index contributed by atoms with van der Waals surface area (Å²) >= 11 is 0. The molecule has 2 aromatic rings. The molecule has 1 N–H and O–H groups in total. The summed E-state index contributed by atoms with van der Waals surface area (Å²) in [5, 5.41) is 14.6. The number of hydrogen-bond donors (Lipinski definition) is 1. The predicted octanol–water partition coefficient (Wildman–Crippen LogP) is 1.54. The van der Waals surface area contributed by atoms with Crippen molar-refractivity contribution in [2.45, 2.75) is 6.92 Å². The van der Waals surface area contributed by atoms with Gasteiger partial charge in [-0.2, -0.15) is 5.10 Å². The molecule has 0 unspecified atom stereocenters. The summed E-state index contributed by atoms with van der Waals surface area (Å²) in [5.41, 5.74) is 3.40. The van der Waals surface area contributed by atoms with E-state index in [9.17, 15) is 14.9 Å². The van der Waals surface area contributed by atoms with Crippen molar-refractivity contribution in [1.82, 2.24) is 15.4 Å². The summed E-state index contributed by atoms with van der Waals surface area (Å²) in [4.78, 5) is 29.6. The molecule has 0 aliphatic carbocycles. The standard InChI is InChI=1S/C13H11N5O3/c1-9(10-3-2-4-11(7-10)18(20)21)16-17-13(19)12-8-14-5-6-15-12/h2-8H,1H3,(H,17,19). The second kappa shape index (κ2) is 6.33. The van der Waals surface area contributed by atoms with Gasteiger partial charge in [0.15, 0.2) is 0 Å². The van der Waals surface area contributed by atoms with Gasteiger partial charge in [-0.05, 0) is 6.92 Å². The average molecular weight is 285 g/mol. The minimum Gasteiger partial charge on any atom is -0.265 e. The van der Waals surface area contributed by atoms with Gasteiger partial charge in [0.25, 0.3) is 11.6 Å². The minimum atomic E-state index is -0.507. The van der Waals surface area contributed by atoms with Gasteiger partial charge in [0.1, 0.15) is 5.69 Å². The van der Waals surface area contributed by atoms with Gasteiger partial charge in [-0.25, -0.2) is 10.4 Å². The molecule has 0 aliphatic rings. The molecule has 1 amide bonds. The van der Waals surface area contributed by atoms with E-state index in [0.717, 1.165) is 0 Å². The average Bonchev–Trinajstić information content (AvgIpc) is 2.53. The second-order valence-corrected chi connectivity index (χ2v) is 4.04. The topological polar surface area (TPSA) is 110 Å². The van der Waals surface area contributed by atoms with Crippen LogP contribution in [0.15, 0.2) is 48.0 Å². The van der Waals surface area contributed by atoms with Crippen LogP contribution in [0.2, 0.25) is 0 Å². The number of non-ortho nitro benzene ring substituents is 1. The molecular weight excluding hydrogens is 274 g/mol. The Morgan fingerprint density at radius 1 is 1.38 bits per heavy atom. The molecule has 0 bridgehead atoms. The lowest BCUT2D eigenvalue weighted by Gasteiger charge is -2.02. The zero-order valence-electron chi connectivity index (χ0n) is 11.1. The Bertz CT molecular complexity index is 700. The van der Waals surface area contributed by atoms with E-state index in [-0.39, 0.29) is 11.4 Å². The van der Waals surface area contributed by atoms with E-state index < -0.39 is 10.8 Å². The maximum atomic E-state index is 11.7. The van der Waals surface area contributed by atoms with E-state index in [1.807, 2.05) is 0 Å². The Balaban J connectivity index is 2.13. The van der Waals surface area contributed by atoms with Crippen LogP contribution in [-0.4, -0.2) is 26.5 Å². The van der Waals surface area contributed by atoms with Gasteiger partial charge in [0, 0.05) is 30.1 Å². The molecule has 0 saturated carbocycles. The normalized spacial score (nSPS) is 11.0. The van der Waals surface area contributed by atoms with Crippen molar-refractivity contribution < 1.29 is 9.72 Å². The summed E-state index contributed by atoms with van der Waals surface area (Å²) in [6.07, 6.45) is 4.16. The molecule has 2 rings (SSSR count). The quantitative estimate of drug-likeness (QED) is 0.520. The highest BCUT2D eigenvalue weighted by molar-refractivity contribution is 6.00. The molecule has 0 fully saturated rings. The highest BCUT2D eigenvalue weighted by Crippen LogP contribution is 2.13. The first kappa shape index (κ1) is 14.3. The Labute approximate surface area is 119 Å². The summed E-state index contributed by atoms with van der Waals surface area (Å²) in [6, 6.07) is 5.99. The van der Waals surface area contributed by atoms with E-state index in [1.54, 1.807) is 19.1 Å². The first-order valence-electron chi connectivity index (χ1n) is 5.93. The van der Waals surface area contributed by atoms with Gasteiger partial charge in [-0.3, -0.25) is 19.9 Å². The zero-order valence-corrected chi connectivity index (χ0v) is 11.1. The third-order valence-electron chi connectivity index (χ3n) is 2.60. The van der Waals surface area contributed by atoms with Crippen LogP contribution in [0.4, 0.5) is 5.69 Å². The number of hydrazone groups is 1. The summed E-state index contributed by atoms with van der Waals surface area (Å²) < 4.78 is 0. The van der Waals surface area contributed by atoms with Crippen LogP contribution in [0, 0.1) is 10.1 Å². The fourth-order valence-electron chi connectivity index (χ4n) is 1.52. The molecule has 8 heteroatoms. The number of amides is 1. The fraction of sp³-hybridized carbons (Fsp3) is 0.0769. The van der Waals surface area contributed by atoms with Crippen LogP contribution in [0.1, 0.15) is 23.0 Å². The van der Waals surface area contributed by atoms with E-state index in [0.29, 0.717) is 11.3 Å². The van der Waals surface area contributed by atoms with Crippen molar-refractivity contribution in [3.63, 3.8) is 0 Å². The molecule has 1 aromatic carbocycles. The third-order valence-corrected chi connectivity index (χ3v) is 2.60. The number of aromatic nitrogens is 2. The number of nitro groups is 1. The van der Waals surface area contributed by atoms with Crippen molar-refractivity contribution >= 4 is 17.3 Å². The summed E-state index contributed by atoms with van der Waals surface area (Å²) in [7, 11) is 0. The van der Waals surface area contributed by atoms with E-state index in [1.165, 1.54) is 30.7 Å². The SMILES string of the molecule is CC(=NNC(=O)c1cnccn1)c1cccc([N+](=O)[O-])c1. The Kier molecular flexibility index (Phi) is 4.30. The number of carbonyl (C=O) groups is 1. The van der Waals surface area contributed by atoms with Gasteiger partial charge in [-0.1, -0.05) is 12.1 Å². The largest absolute Gasteiger partial charge is 0.291 e. The molecule has 0 aliphatic heterocycles. The van der Waals surface area contributed by atoms with Crippen LogP contribution in [0.25, 0.3) is 0 Å². The summed E-state index contributed by atoms with van der Waals surface area (Å²) in [6.45, 7) is 1.63. The minimum absolute atomic E-state index is 0.0395. The molecule has 1 aromatic heterocycles. The van der Waals surface area contributed by atoms with Crippen molar-refractivity contribution in [2.24, 2.45) is 5.10 Å². The van der Waals surface area contributed by atoms with Crippen molar-refractivity contribution in [1.29, 1.82) is 0 Å². The number of benzene rings is 1. The summed E-state index contributed by atoms with van der Waals surface area (Å²) in [5.74, 6) is -0.507. The molecule has 0 saturated heterocycles. The van der Waals surface area contributed by atoms with Gasteiger partial charge >= 0.3 is 0 Å². The molecule has 1 heterocycles. The molecular formula is C13H11N5O3. The number of carbonyl (C=O) groups excluding carboxylic acids is 1. The molecule has 21 heavy (non-hydrogen) atoms. The molecule has 0 radical (unpaired) electrons. The van der Waals surface area contributed by atoms with Crippen molar-refractivity contribution in [2.75, 3.05) is 0 Å². The second-order valence-electron chi connectivity index (χ2n) is 4.04. The third kappa shape index (κ3) is 3.66. The van der Waals surface area contributed by atoms with E-state index in [2.05, 4.69) is 20.5 Å². The first-order valence-corrected chi connectivity index (χ1v) is 5.93. The van der Waals surface area contributed by atoms with Crippen LogP contribution in [-0.2, 0) is 0 Å². The molecule has 8 nitrogen and oxygen atoms in total. The van der Waals surface area contributed by atoms with Crippen LogP contribution >= 0.6 is 0 Å². The van der Waals surface area contributed by atoms with Crippen LogP contribution in [0.5, 0.6) is 0 Å². The number of rotatable bonds is 4. The maximum Gasteiger partial charge on any atom is 0.291 e. The van der Waals surface area contributed by atoms with Crippen molar-refractivity contribution in [3.05, 3.63) is 64.2 Å². The molecule has 0 spiro atoms. The van der Waals surface area contributed by atoms with Gasteiger partial charge in [0.05, 0.1) is 16.8 Å². The van der Waals surface area contributed by atoms with Gasteiger partial charge in [0.2, 0.25) is 0 Å². The zero-order chi connectivity index (χ0) is 15.2. The van der Waals surface area contributed by atoms with E-state index in [4.69, 9.17) is 0 Å². The number of nitrogens with zero attached hydrogens (tertiary/aromatic N) is 4. The number of nitro benzene ring substituents is 1. The van der Waals surface area contributed by atoms with Crippen LogP contribution in [0.3, 0.4) is 0 Å². The number of hydrogen-bond acceptors (Lipinski definition) is 6. The lowest BCUT2D eigenvalue weighted by Crippen LogP contribution is -2.20. The first-order chi connectivity index (χ1) is 10.1. The van der Waals surface area contributed by atoms with Crippen molar-refractivity contribution in [3.8, 4) is 0 Å². The molecule has 106 valence electrons. The number of nitrogens with one attached hydrogen (secondary N) is 1. The Morgan fingerprint density at radius 3 is 2.86 bits per heavy atom. The Hall–Kier alpha value is -3.16. The van der Waals surface area contributed by atoms with Crippen LogP contribution < -0.4 is 5.43 Å². The highest BCUT2D eigenvalue weighted by Gasteiger charge is 2.09. The lowest BCUT2D eigenvalue weighted by molar-refractivity contribution is -0.384. The van der Waals surface area contributed by atoms with Gasteiger partial charge < -0.3 is 0 Å². The molecule has 0 atom stereocenters. The smallest absolute Gasteiger partial charge is 0.265 e. The monoisotopic (exact) mass is 285 g/mol. The lowest BCUT2D eigenvalue weighted by atomic mass is 10.1. The van der Waals surface area contributed by atoms with E-state index >= 15 is 0 Å². The van der Waals surface area contributed by atoms with Gasteiger partial charge in [-0.15, -0.1) is 0 Å². The fourth-order valence-corrected chi connectivity index (χ4v) is 1.52.